The van der Waals surface area contributed by atoms with E-state index in [0.717, 1.165) is 4.90 Å². The molecule has 0 aromatic heterocycles. The predicted molar refractivity (Wildman–Crippen MR) is 93.8 cm³/mol. The summed E-state index contributed by atoms with van der Waals surface area (Å²) in [6.07, 6.45) is 0. The monoisotopic (exact) mass is 348 g/mol. The van der Waals surface area contributed by atoms with Crippen molar-refractivity contribution in [2.75, 3.05) is 0 Å². The molecule has 0 bridgehead atoms. The van der Waals surface area contributed by atoms with E-state index in [2.05, 4.69) is 24.7 Å². The molecule has 0 atom stereocenters. The third kappa shape index (κ3) is 4.74. The van der Waals surface area contributed by atoms with E-state index in [-0.39, 0.29) is 5.91 Å². The Morgan fingerprint density at radius 1 is 0.913 bits per heavy atom. The third-order valence-corrected chi connectivity index (χ3v) is 4.31. The minimum Gasteiger partial charge on any atom is -0.267 e. The van der Waals surface area contributed by atoms with E-state index < -0.39 is 5.91 Å². The van der Waals surface area contributed by atoms with Crippen LogP contribution in [0.15, 0.2) is 53.4 Å². The summed E-state index contributed by atoms with van der Waals surface area (Å²) < 4.78 is 0. The highest BCUT2D eigenvalue weighted by atomic mass is 35.5. The first-order valence-corrected chi connectivity index (χ1v) is 8.35. The molecule has 0 spiro atoms. The Kier molecular flexibility index (Phi) is 6.07. The summed E-state index contributed by atoms with van der Waals surface area (Å²) in [5.74, 6) is -0.827. The van der Waals surface area contributed by atoms with E-state index in [1.54, 1.807) is 48.2 Å². The molecule has 0 unspecified atom stereocenters. The lowest BCUT2D eigenvalue weighted by Gasteiger charge is -2.12. The second kappa shape index (κ2) is 8.04. The standard InChI is InChI=1S/C17H17ClN2O2S/c1-11(2)23-15-10-6-4-8-13(15)17(22)20-19-16(21)12-7-3-5-9-14(12)18/h3-11H,1-2H3,(H,19,21)(H,20,22). The van der Waals surface area contributed by atoms with Crippen LogP contribution >= 0.6 is 23.4 Å². The van der Waals surface area contributed by atoms with Crippen LogP contribution in [-0.2, 0) is 0 Å². The largest absolute Gasteiger partial charge is 0.271 e. The lowest BCUT2D eigenvalue weighted by Crippen LogP contribution is -2.41. The molecule has 0 aliphatic heterocycles. The smallest absolute Gasteiger partial charge is 0.267 e. The zero-order valence-electron chi connectivity index (χ0n) is 12.8. The third-order valence-electron chi connectivity index (χ3n) is 2.90. The molecule has 2 aromatic rings. The van der Waals surface area contributed by atoms with Crippen molar-refractivity contribution in [3.05, 3.63) is 64.7 Å². The van der Waals surface area contributed by atoms with Crippen LogP contribution in [0, 0.1) is 0 Å². The SMILES string of the molecule is CC(C)Sc1ccccc1C(=O)NNC(=O)c1ccccc1Cl. The number of hydrogen-bond donors (Lipinski definition) is 2. The minimum atomic E-state index is -0.460. The average Bonchev–Trinajstić information content (AvgIpc) is 2.52. The van der Waals surface area contributed by atoms with Gasteiger partial charge in [0.25, 0.3) is 11.8 Å². The Bertz CT molecular complexity index is 719. The average molecular weight is 349 g/mol. The number of thioether (sulfide) groups is 1. The molecule has 0 saturated carbocycles. The molecule has 2 N–H and O–H groups in total. The number of hydrazine groups is 1. The van der Waals surface area contributed by atoms with Crippen LogP contribution in [0.2, 0.25) is 5.02 Å². The van der Waals surface area contributed by atoms with Crippen LogP contribution in [0.4, 0.5) is 0 Å². The number of carbonyl (C=O) groups excluding carboxylic acids is 2. The first-order valence-electron chi connectivity index (χ1n) is 7.10. The summed E-state index contributed by atoms with van der Waals surface area (Å²) in [6.45, 7) is 4.11. The van der Waals surface area contributed by atoms with Gasteiger partial charge in [0.1, 0.15) is 0 Å². The van der Waals surface area contributed by atoms with Crippen molar-refractivity contribution in [1.29, 1.82) is 0 Å². The molecular formula is C17H17ClN2O2S. The molecule has 23 heavy (non-hydrogen) atoms. The van der Waals surface area contributed by atoms with Crippen molar-refractivity contribution in [3.8, 4) is 0 Å². The van der Waals surface area contributed by atoms with Crippen molar-refractivity contribution in [2.45, 2.75) is 24.0 Å². The fourth-order valence-corrected chi connectivity index (χ4v) is 3.08. The number of halogens is 1. The quantitative estimate of drug-likeness (QED) is 0.650. The van der Waals surface area contributed by atoms with Crippen LogP contribution in [0.3, 0.4) is 0 Å². The first-order chi connectivity index (χ1) is 11.0. The Labute approximate surface area is 144 Å². The van der Waals surface area contributed by atoms with Gasteiger partial charge in [-0.15, -0.1) is 11.8 Å². The summed E-state index contributed by atoms with van der Waals surface area (Å²) in [7, 11) is 0. The van der Waals surface area contributed by atoms with Gasteiger partial charge in [-0.1, -0.05) is 49.7 Å². The number of rotatable bonds is 4. The normalized spacial score (nSPS) is 10.4. The molecule has 4 nitrogen and oxygen atoms in total. The van der Waals surface area contributed by atoms with Gasteiger partial charge in [0.2, 0.25) is 0 Å². The van der Waals surface area contributed by atoms with E-state index in [4.69, 9.17) is 11.6 Å². The highest BCUT2D eigenvalue weighted by Gasteiger charge is 2.14. The second-order valence-corrected chi connectivity index (χ2v) is 7.08. The summed E-state index contributed by atoms with van der Waals surface area (Å²) in [4.78, 5) is 25.2. The first kappa shape index (κ1) is 17.4. The molecule has 0 fully saturated rings. The van der Waals surface area contributed by atoms with Gasteiger partial charge < -0.3 is 0 Å². The molecule has 0 saturated heterocycles. The highest BCUT2D eigenvalue weighted by molar-refractivity contribution is 8.00. The van der Waals surface area contributed by atoms with Gasteiger partial charge in [-0.2, -0.15) is 0 Å². The maximum absolute atomic E-state index is 12.3. The fraction of sp³-hybridized carbons (Fsp3) is 0.176. The van der Waals surface area contributed by atoms with Crippen LogP contribution in [-0.4, -0.2) is 17.1 Å². The van der Waals surface area contributed by atoms with Gasteiger partial charge in [-0.05, 0) is 24.3 Å². The number of benzene rings is 2. The Balaban J connectivity index is 2.06. The summed E-state index contributed by atoms with van der Waals surface area (Å²) >= 11 is 7.55. The van der Waals surface area contributed by atoms with Gasteiger partial charge in [0.05, 0.1) is 16.1 Å². The number of hydrogen-bond acceptors (Lipinski definition) is 3. The Hall–Kier alpha value is -1.98. The molecule has 2 amide bonds. The molecule has 2 aromatic carbocycles. The van der Waals surface area contributed by atoms with Crippen molar-refractivity contribution < 1.29 is 9.59 Å². The molecule has 0 radical (unpaired) electrons. The summed E-state index contributed by atoms with van der Waals surface area (Å²) in [5.41, 5.74) is 5.64. The van der Waals surface area contributed by atoms with Gasteiger partial charge >= 0.3 is 0 Å². The highest BCUT2D eigenvalue weighted by Crippen LogP contribution is 2.26. The maximum Gasteiger partial charge on any atom is 0.271 e. The lowest BCUT2D eigenvalue weighted by molar-refractivity contribution is 0.0845. The van der Waals surface area contributed by atoms with Gasteiger partial charge in [0, 0.05) is 10.1 Å². The van der Waals surface area contributed by atoms with Gasteiger partial charge in [0.15, 0.2) is 0 Å². The van der Waals surface area contributed by atoms with Crippen molar-refractivity contribution in [2.24, 2.45) is 0 Å². The summed E-state index contributed by atoms with van der Waals surface area (Å²) in [6, 6.07) is 13.9. The second-order valence-electron chi connectivity index (χ2n) is 5.05. The number of carbonyl (C=O) groups is 2. The van der Waals surface area contributed by atoms with Crippen molar-refractivity contribution in [3.63, 3.8) is 0 Å². The van der Waals surface area contributed by atoms with E-state index in [1.165, 1.54) is 0 Å². The van der Waals surface area contributed by atoms with E-state index >= 15 is 0 Å². The zero-order chi connectivity index (χ0) is 16.8. The number of amides is 2. The van der Waals surface area contributed by atoms with Gasteiger partial charge in [-0.3, -0.25) is 20.4 Å². The van der Waals surface area contributed by atoms with Crippen molar-refractivity contribution >= 4 is 35.2 Å². The summed E-state index contributed by atoms with van der Waals surface area (Å²) in [5, 5.41) is 0.677. The Morgan fingerprint density at radius 3 is 2.04 bits per heavy atom. The van der Waals surface area contributed by atoms with E-state index in [9.17, 15) is 9.59 Å². The molecule has 0 aliphatic rings. The van der Waals surface area contributed by atoms with Crippen LogP contribution < -0.4 is 10.9 Å². The van der Waals surface area contributed by atoms with Crippen LogP contribution in [0.25, 0.3) is 0 Å². The molecule has 2 rings (SSSR count). The van der Waals surface area contributed by atoms with Crippen LogP contribution in [0.1, 0.15) is 34.6 Å². The Morgan fingerprint density at radius 2 is 1.43 bits per heavy atom. The lowest BCUT2D eigenvalue weighted by atomic mass is 10.2. The zero-order valence-corrected chi connectivity index (χ0v) is 14.4. The van der Waals surface area contributed by atoms with Crippen molar-refractivity contribution in [1.82, 2.24) is 10.9 Å². The fourth-order valence-electron chi connectivity index (χ4n) is 1.90. The number of nitrogens with one attached hydrogen (secondary N) is 2. The maximum atomic E-state index is 12.3. The van der Waals surface area contributed by atoms with E-state index in [0.29, 0.717) is 21.4 Å². The van der Waals surface area contributed by atoms with E-state index in [1.807, 2.05) is 12.1 Å². The van der Waals surface area contributed by atoms with Gasteiger partial charge in [-0.25, -0.2) is 0 Å². The minimum absolute atomic E-state index is 0.305. The predicted octanol–water partition coefficient (Wildman–Crippen LogP) is 3.92. The van der Waals surface area contributed by atoms with Crippen LogP contribution in [0.5, 0.6) is 0 Å². The molecule has 0 aliphatic carbocycles. The molecule has 6 heteroatoms. The topological polar surface area (TPSA) is 58.2 Å². The molecule has 0 heterocycles. The molecule has 120 valence electrons. The molecular weight excluding hydrogens is 332 g/mol.